The van der Waals surface area contributed by atoms with Gasteiger partial charge in [-0.25, -0.2) is 0 Å². The lowest BCUT2D eigenvalue weighted by Crippen LogP contribution is -2.51. The van der Waals surface area contributed by atoms with Gasteiger partial charge in [-0.05, 0) is 241 Å². The van der Waals surface area contributed by atoms with Gasteiger partial charge >= 0.3 is 5.51 Å². The van der Waals surface area contributed by atoms with Crippen LogP contribution in [-0.2, 0) is 38.4 Å². The van der Waals surface area contributed by atoms with E-state index in [0.717, 1.165) is 108 Å². The monoisotopic (exact) mass is 1960 g/mol. The molecule has 0 radical (unpaired) electrons. The molecule has 130 heavy (non-hydrogen) atoms. The number of hydrogen-bond donors (Lipinski definition) is 0. The third kappa shape index (κ3) is 24.2. The molecule has 26 heteroatoms. The summed E-state index contributed by atoms with van der Waals surface area (Å²) in [6.45, 7) is 17.2. The second kappa shape index (κ2) is 44.1. The quantitative estimate of drug-likeness (QED) is 0.0877. The smallest absolute Gasteiger partial charge is 0.360 e. The Morgan fingerprint density at radius 1 is 0.369 bits per heavy atom. The summed E-state index contributed by atoms with van der Waals surface area (Å²) in [4.78, 5) is 70.1. The van der Waals surface area contributed by atoms with Crippen LogP contribution in [0.3, 0.4) is 0 Å². The Balaban J connectivity index is 0.000000140. The Morgan fingerprint density at radius 3 is 1.12 bits per heavy atom. The molecule has 12 aromatic carbocycles. The van der Waals surface area contributed by atoms with Gasteiger partial charge in [-0.1, -0.05) is 274 Å². The Bertz CT molecular complexity index is 5990. The zero-order valence-electron chi connectivity index (χ0n) is 72.2. The number of thioether (sulfide) groups is 1. The molecule has 0 saturated carbocycles. The summed E-state index contributed by atoms with van der Waals surface area (Å²) >= 11 is 63.2. The standard InChI is InChI=1S/C27H26Cl2N2O.C26H23Cl2F3N2OS.C26H26Cl2N2O.C25H22Cl4N2O/c1-18-6-13-25(24(29)16-18)31-15-14-30(17-26(31)20-7-10-21(28)11-8-20)27(32)23-12-9-19-4-2-3-5-22(19)23;1-17-6-11-22(21(28)14-17)33-13-12-32(16-23(33)18-7-9-20(27)10-8-18)25(34)15-19-4-2-3-5-24(19)35-26(29,30)31;1-18-8-13-24(23(28)16-18)30-15-14-29(17-25(30)21-9-11-22(27)12-10-21)26(31)19(2)20-6-4-3-5-7-20;1-16-5-10-22(21(28)13-16)31-12-11-30(15-23(31)17-6-8-19(26)9-7-17)24(32)14-18-3-2-4-20(27)25(18)29/h2-8,10-11,13,16,23,26H,9,12,14-15,17H2,1H3;2-11,14,23H,12-13,15-16H2,1H3;3-13,16,19,25H,14-15,17H2,1-2H3;2-10,13,23H,11-12,14-15H2,1H3/t;;19-,25?;/m..0./s1. The van der Waals surface area contributed by atoms with E-state index >= 15 is 0 Å². The van der Waals surface area contributed by atoms with Gasteiger partial charge < -0.3 is 39.2 Å². The molecule has 4 heterocycles. The number of rotatable bonds is 16. The van der Waals surface area contributed by atoms with Crippen LogP contribution in [0.1, 0.15) is 122 Å². The summed E-state index contributed by atoms with van der Waals surface area (Å²) in [5.74, 6) is -0.0202. The van der Waals surface area contributed by atoms with E-state index < -0.39 is 5.51 Å². The molecule has 5 aliphatic rings. The summed E-state index contributed by atoms with van der Waals surface area (Å²) in [7, 11) is 0. The molecular weight excluding hydrogens is 1870 g/mol. The Labute approximate surface area is 813 Å². The maximum absolute atomic E-state index is 13.6. The second-order valence-electron chi connectivity index (χ2n) is 33.3. The molecule has 0 spiro atoms. The third-order valence-corrected chi connectivity index (χ3v) is 28.5. The summed E-state index contributed by atoms with van der Waals surface area (Å²) < 4.78 is 39.0. The van der Waals surface area contributed by atoms with E-state index in [2.05, 4.69) is 80.3 Å². The number of benzene rings is 12. The number of amides is 4. The minimum atomic E-state index is -4.42. The van der Waals surface area contributed by atoms with Crippen molar-refractivity contribution in [1.29, 1.82) is 0 Å². The molecule has 0 N–H and O–H groups in total. The highest BCUT2D eigenvalue weighted by molar-refractivity contribution is 8.00. The zero-order valence-corrected chi connectivity index (χ0v) is 80.6. The van der Waals surface area contributed by atoms with Crippen LogP contribution in [0.2, 0.25) is 50.2 Å². The van der Waals surface area contributed by atoms with Crippen LogP contribution in [0.4, 0.5) is 35.9 Å². The van der Waals surface area contributed by atoms with E-state index in [1.54, 1.807) is 41.3 Å². The number of fused-ring (bicyclic) bond motifs is 1. The highest BCUT2D eigenvalue weighted by Gasteiger charge is 2.41. The molecule has 4 aliphatic heterocycles. The predicted molar refractivity (Wildman–Crippen MR) is 532 cm³/mol. The van der Waals surface area contributed by atoms with Crippen molar-refractivity contribution in [1.82, 2.24) is 19.6 Å². The van der Waals surface area contributed by atoms with Gasteiger partial charge in [-0.3, -0.25) is 19.2 Å². The van der Waals surface area contributed by atoms with Crippen LogP contribution < -0.4 is 19.6 Å². The van der Waals surface area contributed by atoms with Gasteiger partial charge in [0.1, 0.15) is 0 Å². The van der Waals surface area contributed by atoms with E-state index in [4.69, 9.17) is 116 Å². The van der Waals surface area contributed by atoms with E-state index in [1.165, 1.54) is 17.2 Å². The van der Waals surface area contributed by atoms with Crippen molar-refractivity contribution < 1.29 is 32.3 Å². The first-order valence-electron chi connectivity index (χ1n) is 43.0. The lowest BCUT2D eigenvalue weighted by molar-refractivity contribution is -0.134. The molecule has 4 saturated heterocycles. The molecule has 17 rings (SSSR count). The van der Waals surface area contributed by atoms with Gasteiger partial charge in [0.15, 0.2) is 0 Å². The Kier molecular flexibility index (Phi) is 32.8. The number of nitrogens with zero attached hydrogens (tertiary/aromatic N) is 8. The third-order valence-electron chi connectivity index (χ3n) is 24.5. The van der Waals surface area contributed by atoms with Gasteiger partial charge in [0, 0.05) is 104 Å². The molecule has 4 fully saturated rings. The van der Waals surface area contributed by atoms with Crippen LogP contribution in [-0.4, -0.2) is 127 Å². The van der Waals surface area contributed by atoms with Crippen molar-refractivity contribution in [3.8, 4) is 0 Å². The van der Waals surface area contributed by atoms with Crippen molar-refractivity contribution in [2.24, 2.45) is 0 Å². The fourth-order valence-corrected chi connectivity index (χ4v) is 20.6. The van der Waals surface area contributed by atoms with Crippen LogP contribution in [0.25, 0.3) is 0 Å². The average Bonchev–Trinajstić information content (AvgIpc) is 1.44. The number of hydrogen-bond acceptors (Lipinski definition) is 9. The molecule has 4 amide bonds. The average molecular weight is 1970 g/mol. The SMILES string of the molecule is Cc1ccc(N2CCN(C(=O)C3CCc4ccccc43)CC2c2ccc(Cl)cc2)c(Cl)c1.Cc1ccc(N2CCN(C(=O)Cc3cccc(Cl)c3Cl)CC2c2ccc(Cl)cc2)c(Cl)c1.Cc1ccc(N2CCN(C(=O)Cc3ccccc3SC(F)(F)F)CC2c2ccc(Cl)cc2)c(Cl)c1.Cc1ccc(N2CCN(C(=O)[C@@H](C)c3ccccc3)CC2c2ccc(Cl)cc2)c(Cl)c1. The molecule has 12 nitrogen and oxygen atoms in total. The van der Waals surface area contributed by atoms with Gasteiger partial charge in [-0.15, -0.1) is 0 Å². The molecule has 0 aromatic heterocycles. The molecule has 12 aromatic rings. The van der Waals surface area contributed by atoms with Crippen LogP contribution in [0, 0.1) is 27.7 Å². The van der Waals surface area contributed by atoms with Crippen molar-refractivity contribution >= 4 is 174 Å². The van der Waals surface area contributed by atoms with Crippen molar-refractivity contribution in [3.63, 3.8) is 0 Å². The van der Waals surface area contributed by atoms with E-state index in [1.807, 2.05) is 213 Å². The number of piperazine rings is 4. The second-order valence-corrected chi connectivity index (χ2v) is 38.5. The number of anilines is 4. The van der Waals surface area contributed by atoms with Crippen LogP contribution in [0.5, 0.6) is 0 Å². The highest BCUT2D eigenvalue weighted by Crippen LogP contribution is 2.45. The number of halogens is 13. The lowest BCUT2D eigenvalue weighted by Gasteiger charge is -2.44. The number of aryl methyl sites for hydroxylation is 5. The van der Waals surface area contributed by atoms with Gasteiger partial charge in [0.05, 0.1) is 102 Å². The summed E-state index contributed by atoms with van der Waals surface area (Å²) in [6, 6.07) is 84.9. The van der Waals surface area contributed by atoms with Crippen molar-refractivity contribution in [2.45, 2.75) is 107 Å². The van der Waals surface area contributed by atoms with Gasteiger partial charge in [-0.2, -0.15) is 13.2 Å². The Hall–Kier alpha value is -9.24. The van der Waals surface area contributed by atoms with Crippen LogP contribution >= 0.6 is 128 Å². The number of carbonyl (C=O) groups is 4. The first-order chi connectivity index (χ1) is 62.4. The maximum atomic E-state index is 13.6. The van der Waals surface area contributed by atoms with Gasteiger partial charge in [0.2, 0.25) is 23.6 Å². The predicted octanol–water partition coefficient (Wildman–Crippen LogP) is 27.7. The molecule has 1 aliphatic carbocycles. The van der Waals surface area contributed by atoms with Gasteiger partial charge in [0.25, 0.3) is 0 Å². The molecular formula is C104H97Cl10F3N8O4S. The first-order valence-corrected chi connectivity index (χ1v) is 47.6. The minimum Gasteiger partial charge on any atom is -0.360 e. The fraction of sp³-hybridized carbons (Fsp3) is 0.269. The van der Waals surface area contributed by atoms with Crippen LogP contribution in [0.15, 0.2) is 272 Å². The van der Waals surface area contributed by atoms with E-state index in [0.29, 0.717) is 118 Å². The van der Waals surface area contributed by atoms with Crippen molar-refractivity contribution in [2.75, 3.05) is 98.1 Å². The molecule has 0 bridgehead atoms. The zero-order chi connectivity index (χ0) is 92.2. The number of carbonyl (C=O) groups excluding carboxylic acids is 4. The minimum absolute atomic E-state index is 0.00172. The largest absolute Gasteiger partial charge is 0.446 e. The summed E-state index contributed by atoms with van der Waals surface area (Å²) in [5.41, 5.74) is 12.8. The fourth-order valence-electron chi connectivity index (χ4n) is 17.7. The summed E-state index contributed by atoms with van der Waals surface area (Å²) in [5, 5.41) is 6.38. The van der Waals surface area contributed by atoms with E-state index in [-0.39, 0.29) is 89.1 Å². The maximum Gasteiger partial charge on any atom is 0.446 e. The highest BCUT2D eigenvalue weighted by atomic mass is 35.5. The van der Waals surface area contributed by atoms with Crippen molar-refractivity contribution in [3.05, 3.63) is 389 Å². The first kappa shape index (κ1) is 96.8. The van der Waals surface area contributed by atoms with E-state index in [9.17, 15) is 32.3 Å². The topological polar surface area (TPSA) is 94.2 Å². The molecule has 674 valence electrons. The Morgan fingerprint density at radius 2 is 0.715 bits per heavy atom. The molecule has 5 unspecified atom stereocenters. The molecule has 6 atom stereocenters. The lowest BCUT2D eigenvalue weighted by atomic mass is 9.96. The normalized spacial score (nSPS) is 17.6. The summed E-state index contributed by atoms with van der Waals surface area (Å²) in [6.07, 6.45) is 1.98. The number of alkyl halides is 3.